The van der Waals surface area contributed by atoms with Crippen LogP contribution in [-0.4, -0.2) is 19.9 Å². The molecule has 0 atom stereocenters. The van der Waals surface area contributed by atoms with Gasteiger partial charge in [-0.1, -0.05) is 140 Å². The molecule has 0 aliphatic heterocycles. The van der Waals surface area contributed by atoms with Crippen molar-refractivity contribution in [1.29, 1.82) is 0 Å². The Labute approximate surface area is 281 Å². The van der Waals surface area contributed by atoms with Crippen molar-refractivity contribution in [1.82, 2.24) is 19.9 Å². The third-order valence-corrected chi connectivity index (χ3v) is 9.40. The van der Waals surface area contributed by atoms with Crippen LogP contribution in [0.1, 0.15) is 0 Å². The lowest BCUT2D eigenvalue weighted by Gasteiger charge is -2.13. The molecule has 0 radical (unpaired) electrons. The van der Waals surface area contributed by atoms with Crippen LogP contribution < -0.4 is 0 Å². The quantitative estimate of drug-likeness (QED) is 0.182. The lowest BCUT2D eigenvalue weighted by Crippen LogP contribution is -2.00. The van der Waals surface area contributed by atoms with Gasteiger partial charge in [0, 0.05) is 39.2 Å². The van der Waals surface area contributed by atoms with Crippen LogP contribution in [0.15, 0.2) is 162 Å². The van der Waals surface area contributed by atoms with Crippen molar-refractivity contribution in [3.05, 3.63) is 158 Å². The molecule has 0 bridgehead atoms. The van der Waals surface area contributed by atoms with Gasteiger partial charge in [0.2, 0.25) is 0 Å². The van der Waals surface area contributed by atoms with Gasteiger partial charge in [0.25, 0.3) is 0 Å². The SMILES string of the molecule is c1ccc(-c2nc(-c3ccccc3)nc(-c3cncc4oc5c(-c6cc7c8ccccc8ccc7c7ccccc67)cccc5c34)n2)cc1. The lowest BCUT2D eigenvalue weighted by atomic mass is 9.90. The Morgan fingerprint density at radius 1 is 0.388 bits per heavy atom. The summed E-state index contributed by atoms with van der Waals surface area (Å²) in [5.74, 6) is 1.75. The maximum atomic E-state index is 6.74. The first-order valence-electron chi connectivity index (χ1n) is 16.3. The molecule has 10 rings (SSSR count). The minimum absolute atomic E-state index is 0.543. The van der Waals surface area contributed by atoms with Crippen LogP contribution in [0.3, 0.4) is 0 Å². The van der Waals surface area contributed by atoms with E-state index in [2.05, 4.69) is 89.9 Å². The molecule has 0 saturated carbocycles. The van der Waals surface area contributed by atoms with E-state index in [0.29, 0.717) is 23.1 Å². The van der Waals surface area contributed by atoms with Crippen molar-refractivity contribution in [3.63, 3.8) is 0 Å². The highest BCUT2D eigenvalue weighted by molar-refractivity contribution is 6.23. The molecule has 3 heterocycles. The Balaban J connectivity index is 1.24. The van der Waals surface area contributed by atoms with E-state index in [1.165, 1.54) is 32.3 Å². The maximum Gasteiger partial charge on any atom is 0.166 e. The highest BCUT2D eigenvalue weighted by atomic mass is 16.3. The number of fused-ring (bicyclic) bond motifs is 8. The predicted octanol–water partition coefficient (Wildman–Crippen LogP) is 11.3. The second-order valence-corrected chi connectivity index (χ2v) is 12.2. The zero-order valence-electron chi connectivity index (χ0n) is 26.2. The second-order valence-electron chi connectivity index (χ2n) is 12.2. The zero-order chi connectivity index (χ0) is 32.3. The van der Waals surface area contributed by atoms with E-state index < -0.39 is 0 Å². The summed E-state index contributed by atoms with van der Waals surface area (Å²) >= 11 is 0. The van der Waals surface area contributed by atoms with Gasteiger partial charge in [0.15, 0.2) is 23.1 Å². The van der Waals surface area contributed by atoms with E-state index >= 15 is 0 Å². The van der Waals surface area contributed by atoms with Crippen LogP contribution in [0.2, 0.25) is 0 Å². The number of aromatic nitrogens is 4. The summed E-state index contributed by atoms with van der Waals surface area (Å²) < 4.78 is 6.74. The van der Waals surface area contributed by atoms with Gasteiger partial charge in [0.1, 0.15) is 5.58 Å². The number of nitrogens with zero attached hydrogens (tertiary/aromatic N) is 4. The van der Waals surface area contributed by atoms with Crippen LogP contribution in [-0.2, 0) is 0 Å². The van der Waals surface area contributed by atoms with Gasteiger partial charge in [-0.3, -0.25) is 4.98 Å². The van der Waals surface area contributed by atoms with Gasteiger partial charge < -0.3 is 4.42 Å². The zero-order valence-corrected chi connectivity index (χ0v) is 26.2. The number of hydrogen-bond donors (Lipinski definition) is 0. The number of furan rings is 1. The largest absolute Gasteiger partial charge is 0.454 e. The van der Waals surface area contributed by atoms with Crippen molar-refractivity contribution in [3.8, 4) is 45.3 Å². The molecular weight excluding hydrogens is 601 g/mol. The van der Waals surface area contributed by atoms with Crippen LogP contribution in [0, 0.1) is 0 Å². The molecule has 0 unspecified atom stereocenters. The normalized spacial score (nSPS) is 11.7. The van der Waals surface area contributed by atoms with Crippen molar-refractivity contribution in [2.24, 2.45) is 0 Å². The van der Waals surface area contributed by atoms with Crippen LogP contribution in [0.25, 0.3) is 99.5 Å². The summed E-state index contributed by atoms with van der Waals surface area (Å²) in [7, 11) is 0. The molecular formula is C44H26N4O. The molecule has 0 aliphatic carbocycles. The van der Waals surface area contributed by atoms with E-state index in [-0.39, 0.29) is 0 Å². The molecule has 0 spiro atoms. The summed E-state index contributed by atoms with van der Waals surface area (Å²) in [6.45, 7) is 0. The maximum absolute atomic E-state index is 6.74. The summed E-state index contributed by atoms with van der Waals surface area (Å²) in [4.78, 5) is 19.5. The summed E-state index contributed by atoms with van der Waals surface area (Å²) in [6, 6.07) is 50.4. The standard InChI is InChI=1S/C44H26N4O/c1-3-13-28(14-4-1)42-46-43(29-15-5-2-6-16-29)48-44(47-42)38-25-45-26-39-40(38)35-21-11-20-34(41(35)49-39)37-24-36-30-17-8-7-12-27(30)22-23-33(36)31-18-9-10-19-32(31)37/h1-26H. The first-order valence-corrected chi connectivity index (χ1v) is 16.3. The third-order valence-electron chi connectivity index (χ3n) is 9.40. The van der Waals surface area contributed by atoms with E-state index in [4.69, 9.17) is 19.4 Å². The Morgan fingerprint density at radius 2 is 1.00 bits per heavy atom. The average molecular weight is 627 g/mol. The minimum Gasteiger partial charge on any atom is -0.454 e. The van der Waals surface area contributed by atoms with E-state index in [9.17, 15) is 0 Å². The van der Waals surface area contributed by atoms with Gasteiger partial charge in [-0.15, -0.1) is 0 Å². The molecule has 49 heavy (non-hydrogen) atoms. The smallest absolute Gasteiger partial charge is 0.166 e. The number of hydrogen-bond acceptors (Lipinski definition) is 5. The highest BCUT2D eigenvalue weighted by Gasteiger charge is 2.21. The Hall–Kier alpha value is -6.72. The molecule has 5 nitrogen and oxygen atoms in total. The monoisotopic (exact) mass is 626 g/mol. The fourth-order valence-electron chi connectivity index (χ4n) is 7.14. The van der Waals surface area contributed by atoms with Crippen molar-refractivity contribution in [2.45, 2.75) is 0 Å². The average Bonchev–Trinajstić information content (AvgIpc) is 3.57. The van der Waals surface area contributed by atoms with E-state index in [0.717, 1.165) is 44.2 Å². The fourth-order valence-corrected chi connectivity index (χ4v) is 7.14. The molecule has 228 valence electrons. The molecule has 7 aromatic carbocycles. The molecule has 0 N–H and O–H groups in total. The topological polar surface area (TPSA) is 64.7 Å². The molecule has 0 aliphatic rings. The Bertz CT molecular complexity index is 2820. The van der Waals surface area contributed by atoms with Crippen molar-refractivity contribution in [2.75, 3.05) is 0 Å². The second kappa shape index (κ2) is 10.9. The van der Waals surface area contributed by atoms with E-state index in [1.807, 2.05) is 66.9 Å². The van der Waals surface area contributed by atoms with Gasteiger partial charge in [-0.05, 0) is 43.9 Å². The first-order chi connectivity index (χ1) is 24.3. The molecule has 10 aromatic rings. The van der Waals surface area contributed by atoms with Gasteiger partial charge in [-0.2, -0.15) is 0 Å². The molecule has 0 amide bonds. The summed E-state index contributed by atoms with van der Waals surface area (Å²) in [6.07, 6.45) is 3.62. The predicted molar refractivity (Wildman–Crippen MR) is 199 cm³/mol. The molecule has 5 heteroatoms. The fraction of sp³-hybridized carbons (Fsp3) is 0. The van der Waals surface area contributed by atoms with Crippen molar-refractivity contribution >= 4 is 54.3 Å². The van der Waals surface area contributed by atoms with Gasteiger partial charge in [0.05, 0.1) is 6.20 Å². The van der Waals surface area contributed by atoms with Gasteiger partial charge in [-0.25, -0.2) is 15.0 Å². The minimum atomic E-state index is 0.543. The van der Waals surface area contributed by atoms with Gasteiger partial charge >= 0.3 is 0 Å². The Morgan fingerprint density at radius 3 is 1.76 bits per heavy atom. The highest BCUT2D eigenvalue weighted by Crippen LogP contribution is 2.43. The number of benzene rings is 7. The molecule has 3 aromatic heterocycles. The summed E-state index contributed by atoms with van der Waals surface area (Å²) in [5, 5.41) is 9.19. The summed E-state index contributed by atoms with van der Waals surface area (Å²) in [5.41, 5.74) is 6.25. The molecule has 0 fully saturated rings. The number of rotatable bonds is 4. The Kier molecular flexibility index (Phi) is 6.11. The molecule has 0 saturated heterocycles. The first kappa shape index (κ1) is 27.4. The lowest BCUT2D eigenvalue weighted by molar-refractivity contribution is 0.668. The number of para-hydroxylation sites is 1. The van der Waals surface area contributed by atoms with Crippen LogP contribution >= 0.6 is 0 Å². The van der Waals surface area contributed by atoms with Crippen LogP contribution in [0.5, 0.6) is 0 Å². The van der Waals surface area contributed by atoms with E-state index in [1.54, 1.807) is 6.20 Å². The van der Waals surface area contributed by atoms with Crippen LogP contribution in [0.4, 0.5) is 0 Å². The van der Waals surface area contributed by atoms with Crippen molar-refractivity contribution < 1.29 is 4.42 Å². The number of pyridine rings is 1. The third kappa shape index (κ3) is 4.40.